The van der Waals surface area contributed by atoms with Crippen LogP contribution in [0.15, 0.2) is 48.5 Å². The van der Waals surface area contributed by atoms with E-state index >= 15 is 0 Å². The molecule has 0 unspecified atom stereocenters. The zero-order valence-corrected chi connectivity index (χ0v) is 12.0. The Bertz CT molecular complexity index is 654. The van der Waals surface area contributed by atoms with Gasteiger partial charge in [0.15, 0.2) is 0 Å². The second kappa shape index (κ2) is 6.37. The minimum Gasteiger partial charge on any atom is -0.326 e. The molecule has 116 valence electrons. The molecule has 0 fully saturated rings. The first-order valence-electron chi connectivity index (χ1n) is 6.29. The van der Waals surface area contributed by atoms with Crippen LogP contribution in [0, 0.1) is 0 Å². The van der Waals surface area contributed by atoms with E-state index in [0.29, 0.717) is 9.92 Å². The Balaban J connectivity index is 2.49. The normalized spacial score (nSPS) is 11.3. The van der Waals surface area contributed by atoms with Crippen molar-refractivity contribution in [1.82, 2.24) is 0 Å². The number of nitrogens with zero attached hydrogens (tertiary/aromatic N) is 1. The molecule has 2 rings (SSSR count). The van der Waals surface area contributed by atoms with Gasteiger partial charge in [0.1, 0.15) is 0 Å². The van der Waals surface area contributed by atoms with Crippen LogP contribution < -0.4 is 10.6 Å². The lowest BCUT2D eigenvalue weighted by atomic mass is 10.1. The number of hydrogen-bond donors (Lipinski definition) is 1. The van der Waals surface area contributed by atoms with Gasteiger partial charge >= 0.3 is 12.1 Å². The van der Waals surface area contributed by atoms with E-state index in [2.05, 4.69) is 0 Å². The van der Waals surface area contributed by atoms with Gasteiger partial charge in [0.25, 0.3) is 0 Å². The van der Waals surface area contributed by atoms with Gasteiger partial charge in [-0.2, -0.15) is 13.2 Å². The van der Waals surface area contributed by atoms with Crippen LogP contribution in [0.1, 0.15) is 5.56 Å². The van der Waals surface area contributed by atoms with Gasteiger partial charge in [0, 0.05) is 22.9 Å². The molecule has 2 aromatic carbocycles. The van der Waals surface area contributed by atoms with E-state index in [1.165, 1.54) is 36.4 Å². The summed E-state index contributed by atoms with van der Waals surface area (Å²) in [7, 11) is 0. The Labute approximate surface area is 130 Å². The maximum atomic E-state index is 12.9. The summed E-state index contributed by atoms with van der Waals surface area (Å²) in [4.78, 5) is 12.3. The highest BCUT2D eigenvalue weighted by atomic mass is 35.5. The largest absolute Gasteiger partial charge is 0.472 e. The summed E-state index contributed by atoms with van der Waals surface area (Å²) in [6.45, 7) is 0.258. The molecule has 0 spiro atoms. The maximum absolute atomic E-state index is 12.9. The van der Waals surface area contributed by atoms with Crippen LogP contribution in [0.2, 0.25) is 5.02 Å². The van der Waals surface area contributed by atoms with Crippen molar-refractivity contribution >= 4 is 28.9 Å². The Morgan fingerprint density at radius 2 is 1.45 bits per heavy atom. The zero-order chi connectivity index (χ0) is 16.3. The molecule has 0 heterocycles. The predicted molar refractivity (Wildman–Crippen MR) is 79.0 cm³/mol. The number of amides is 1. The first-order chi connectivity index (χ1) is 10.3. The van der Waals surface area contributed by atoms with Crippen molar-refractivity contribution in [2.75, 3.05) is 4.90 Å². The van der Waals surface area contributed by atoms with Gasteiger partial charge in [0.2, 0.25) is 0 Å². The fourth-order valence-corrected chi connectivity index (χ4v) is 2.01. The average molecular weight is 329 g/mol. The standard InChI is InChI=1S/C15H12ClF3N2O/c16-11-3-7-13(8-4-11)21(14(22)15(17,18)19)12-5-1-10(9-20)2-6-12/h1-8H,9,20H2. The number of nitrogens with two attached hydrogens (primary N) is 1. The third-order valence-electron chi connectivity index (χ3n) is 2.96. The Morgan fingerprint density at radius 1 is 1.00 bits per heavy atom. The lowest BCUT2D eigenvalue weighted by Crippen LogP contribution is -2.38. The van der Waals surface area contributed by atoms with Gasteiger partial charge in [-0.15, -0.1) is 0 Å². The third-order valence-corrected chi connectivity index (χ3v) is 3.21. The van der Waals surface area contributed by atoms with E-state index in [4.69, 9.17) is 17.3 Å². The fourth-order valence-electron chi connectivity index (χ4n) is 1.88. The van der Waals surface area contributed by atoms with Crippen LogP contribution in [0.5, 0.6) is 0 Å². The molecule has 3 nitrogen and oxygen atoms in total. The fraction of sp³-hybridized carbons (Fsp3) is 0.133. The van der Waals surface area contributed by atoms with E-state index in [1.807, 2.05) is 0 Å². The van der Waals surface area contributed by atoms with Crippen molar-refractivity contribution in [2.45, 2.75) is 12.7 Å². The van der Waals surface area contributed by atoms with E-state index in [1.54, 1.807) is 12.1 Å². The summed E-state index contributed by atoms with van der Waals surface area (Å²) < 4.78 is 38.6. The van der Waals surface area contributed by atoms with E-state index in [0.717, 1.165) is 5.56 Å². The van der Waals surface area contributed by atoms with Gasteiger partial charge in [-0.05, 0) is 42.0 Å². The molecule has 0 aliphatic carbocycles. The van der Waals surface area contributed by atoms with Gasteiger partial charge in [-0.25, -0.2) is 0 Å². The summed E-state index contributed by atoms with van der Waals surface area (Å²) in [6, 6.07) is 11.5. The molecule has 0 saturated carbocycles. The Hall–Kier alpha value is -2.05. The SMILES string of the molecule is NCc1ccc(N(C(=O)C(F)(F)F)c2ccc(Cl)cc2)cc1. The van der Waals surface area contributed by atoms with Crippen LogP contribution in [-0.2, 0) is 11.3 Å². The van der Waals surface area contributed by atoms with Crippen molar-refractivity contribution in [1.29, 1.82) is 0 Å². The smallest absolute Gasteiger partial charge is 0.326 e. The molecule has 7 heteroatoms. The number of hydrogen-bond acceptors (Lipinski definition) is 2. The molecule has 0 radical (unpaired) electrons. The van der Waals surface area contributed by atoms with Gasteiger partial charge in [-0.1, -0.05) is 23.7 Å². The maximum Gasteiger partial charge on any atom is 0.472 e. The zero-order valence-electron chi connectivity index (χ0n) is 11.3. The molecule has 0 atom stereocenters. The molecule has 1 amide bonds. The number of carbonyl (C=O) groups excluding carboxylic acids is 1. The summed E-state index contributed by atoms with van der Waals surface area (Å²) in [5.74, 6) is -1.98. The lowest BCUT2D eigenvalue weighted by molar-refractivity contribution is -0.169. The topological polar surface area (TPSA) is 46.3 Å². The first kappa shape index (κ1) is 16.3. The van der Waals surface area contributed by atoms with Crippen LogP contribution in [0.4, 0.5) is 24.5 Å². The van der Waals surface area contributed by atoms with E-state index in [-0.39, 0.29) is 17.9 Å². The molecule has 0 saturated heterocycles. The predicted octanol–water partition coefficient (Wildman–Crippen LogP) is 4.03. The number of benzene rings is 2. The molecular formula is C15H12ClF3N2O. The van der Waals surface area contributed by atoms with Gasteiger partial charge in [0.05, 0.1) is 0 Å². The van der Waals surface area contributed by atoms with Crippen LogP contribution in [0.3, 0.4) is 0 Å². The summed E-state index contributed by atoms with van der Waals surface area (Å²) in [5.41, 5.74) is 6.38. The quantitative estimate of drug-likeness (QED) is 0.924. The van der Waals surface area contributed by atoms with E-state index in [9.17, 15) is 18.0 Å². The number of anilines is 2. The molecule has 2 N–H and O–H groups in total. The van der Waals surface area contributed by atoms with Gasteiger partial charge in [-0.3, -0.25) is 9.69 Å². The molecule has 0 aromatic heterocycles. The molecule has 22 heavy (non-hydrogen) atoms. The minimum absolute atomic E-state index is 0.0761. The molecule has 0 aliphatic heterocycles. The number of alkyl halides is 3. The highest BCUT2D eigenvalue weighted by Gasteiger charge is 2.43. The van der Waals surface area contributed by atoms with Gasteiger partial charge < -0.3 is 5.73 Å². The highest BCUT2D eigenvalue weighted by molar-refractivity contribution is 6.30. The summed E-state index contributed by atoms with van der Waals surface area (Å²) in [6.07, 6.45) is -4.99. The highest BCUT2D eigenvalue weighted by Crippen LogP contribution is 2.32. The number of rotatable bonds is 3. The van der Waals surface area contributed by atoms with Crippen molar-refractivity contribution in [2.24, 2.45) is 5.73 Å². The minimum atomic E-state index is -4.99. The molecule has 2 aromatic rings. The van der Waals surface area contributed by atoms with Crippen LogP contribution >= 0.6 is 11.6 Å². The van der Waals surface area contributed by atoms with E-state index < -0.39 is 12.1 Å². The molecule has 0 aliphatic rings. The number of carbonyl (C=O) groups is 1. The Morgan fingerprint density at radius 3 is 1.86 bits per heavy atom. The third kappa shape index (κ3) is 3.58. The second-order valence-corrected chi connectivity index (χ2v) is 4.92. The second-order valence-electron chi connectivity index (χ2n) is 4.49. The Kier molecular flexibility index (Phi) is 4.73. The molecular weight excluding hydrogens is 317 g/mol. The van der Waals surface area contributed by atoms with Crippen LogP contribution in [0.25, 0.3) is 0 Å². The first-order valence-corrected chi connectivity index (χ1v) is 6.66. The summed E-state index contributed by atoms with van der Waals surface area (Å²) >= 11 is 5.73. The monoisotopic (exact) mass is 328 g/mol. The lowest BCUT2D eigenvalue weighted by Gasteiger charge is -2.24. The van der Waals surface area contributed by atoms with Crippen molar-refractivity contribution in [3.05, 3.63) is 59.1 Å². The van der Waals surface area contributed by atoms with Crippen molar-refractivity contribution < 1.29 is 18.0 Å². The number of halogens is 4. The van der Waals surface area contributed by atoms with Crippen molar-refractivity contribution in [3.63, 3.8) is 0 Å². The average Bonchev–Trinajstić information content (AvgIpc) is 2.49. The molecule has 0 bridgehead atoms. The van der Waals surface area contributed by atoms with Crippen LogP contribution in [-0.4, -0.2) is 12.1 Å². The summed E-state index contributed by atoms with van der Waals surface area (Å²) in [5, 5.41) is 0.363. The van der Waals surface area contributed by atoms with Crippen molar-refractivity contribution in [3.8, 4) is 0 Å².